The number of ether oxygens (including phenoxy) is 2. The molecule has 1 aliphatic heterocycles. The minimum absolute atomic E-state index is 0.0321. The number of benzene rings is 1. The smallest absolute Gasteiger partial charge is 0.408 e. The Hall–Kier alpha value is -2.61. The van der Waals surface area contributed by atoms with Crippen molar-refractivity contribution in [2.45, 2.75) is 18.2 Å². The Kier molecular flexibility index (Phi) is 4.62. The predicted octanol–water partition coefficient (Wildman–Crippen LogP) is -0.718. The maximum Gasteiger partial charge on any atom is 0.408 e. The second-order valence-corrected chi connectivity index (χ2v) is 4.82. The number of nitrogens with two attached hydrogens (primary N) is 1. The predicted molar refractivity (Wildman–Crippen MR) is 75.5 cm³/mol. The van der Waals surface area contributed by atoms with Crippen LogP contribution in [0.25, 0.3) is 0 Å². The molecule has 0 bridgehead atoms. The number of amides is 3. The van der Waals surface area contributed by atoms with Crippen LogP contribution in [-0.4, -0.2) is 43.2 Å². The van der Waals surface area contributed by atoms with Gasteiger partial charge in [-0.15, -0.1) is 0 Å². The molecule has 1 saturated heterocycles. The number of alkyl carbamates (subject to hydrolysis) is 1. The molecule has 0 saturated carbocycles. The molecular formula is C14H17N3O5. The second-order valence-electron chi connectivity index (χ2n) is 4.82. The normalized spacial score (nSPS) is 21.2. The van der Waals surface area contributed by atoms with Crippen LogP contribution in [0.15, 0.2) is 30.3 Å². The first-order chi connectivity index (χ1) is 10.5. The fourth-order valence-corrected chi connectivity index (χ4v) is 2.15. The van der Waals surface area contributed by atoms with Crippen LogP contribution in [0.5, 0.6) is 0 Å². The Bertz CT molecular complexity index is 573. The lowest BCUT2D eigenvalue weighted by Gasteiger charge is -2.43. The molecule has 2 rings (SSSR count). The Morgan fingerprint density at radius 3 is 2.55 bits per heavy atom. The molecule has 0 aromatic heterocycles. The van der Waals surface area contributed by atoms with Gasteiger partial charge in [-0.1, -0.05) is 30.3 Å². The topological polar surface area (TPSA) is 120 Å². The number of hydrogen-bond donors (Lipinski definition) is 3. The van der Waals surface area contributed by atoms with Crippen LogP contribution in [0.1, 0.15) is 5.56 Å². The van der Waals surface area contributed by atoms with Gasteiger partial charge in [-0.2, -0.15) is 0 Å². The first-order valence-corrected chi connectivity index (χ1v) is 6.59. The Labute approximate surface area is 126 Å². The lowest BCUT2D eigenvalue weighted by Crippen LogP contribution is -2.77. The van der Waals surface area contributed by atoms with E-state index in [9.17, 15) is 14.4 Å². The van der Waals surface area contributed by atoms with Gasteiger partial charge in [0, 0.05) is 7.11 Å². The number of carbonyl (C=O) groups is 3. The zero-order valence-corrected chi connectivity index (χ0v) is 12.0. The van der Waals surface area contributed by atoms with E-state index in [0.717, 1.165) is 5.56 Å². The van der Waals surface area contributed by atoms with Crippen molar-refractivity contribution in [3.63, 3.8) is 0 Å². The molecule has 1 heterocycles. The van der Waals surface area contributed by atoms with E-state index >= 15 is 0 Å². The zero-order chi connectivity index (χ0) is 16.2. The number of rotatable bonds is 6. The summed E-state index contributed by atoms with van der Waals surface area (Å²) in [5.74, 6) is -1.39. The second kappa shape index (κ2) is 6.44. The highest BCUT2D eigenvalue weighted by atomic mass is 16.5. The van der Waals surface area contributed by atoms with E-state index in [-0.39, 0.29) is 13.2 Å². The van der Waals surface area contributed by atoms with E-state index in [1.807, 2.05) is 6.07 Å². The molecule has 1 aromatic carbocycles. The highest BCUT2D eigenvalue weighted by Crippen LogP contribution is 2.22. The van der Waals surface area contributed by atoms with Gasteiger partial charge < -0.3 is 25.8 Å². The summed E-state index contributed by atoms with van der Waals surface area (Å²) in [4.78, 5) is 35.0. The average molecular weight is 307 g/mol. The number of hydrogen-bond acceptors (Lipinski definition) is 5. The summed E-state index contributed by atoms with van der Waals surface area (Å²) in [5.41, 5.74) is 4.56. The maximum absolute atomic E-state index is 11.8. The molecule has 3 amide bonds. The van der Waals surface area contributed by atoms with E-state index in [2.05, 4.69) is 10.6 Å². The van der Waals surface area contributed by atoms with Gasteiger partial charge in [-0.25, -0.2) is 4.79 Å². The van der Waals surface area contributed by atoms with E-state index in [0.29, 0.717) is 0 Å². The van der Waals surface area contributed by atoms with E-state index in [4.69, 9.17) is 15.2 Å². The molecule has 8 nitrogen and oxygen atoms in total. The summed E-state index contributed by atoms with van der Waals surface area (Å²) < 4.78 is 10.1. The third kappa shape index (κ3) is 3.01. The van der Waals surface area contributed by atoms with Gasteiger partial charge in [-0.3, -0.25) is 9.59 Å². The van der Waals surface area contributed by atoms with Crippen LogP contribution in [-0.2, 0) is 25.7 Å². The van der Waals surface area contributed by atoms with Crippen molar-refractivity contribution in [2.24, 2.45) is 5.73 Å². The molecule has 1 fully saturated rings. The zero-order valence-electron chi connectivity index (χ0n) is 12.0. The van der Waals surface area contributed by atoms with Crippen molar-refractivity contribution >= 4 is 17.9 Å². The molecule has 0 aliphatic carbocycles. The summed E-state index contributed by atoms with van der Waals surface area (Å²) in [6.07, 6.45) is -0.858. The standard InChI is InChI=1S/C14H17N3O5/c1-21-14(8-16-12(14)19)10(11(15)18)17-13(20)22-7-9-5-3-2-4-6-9/h2-6,10H,7-8H2,1H3,(H2,15,18)(H,16,19)(H,17,20). The first kappa shape index (κ1) is 15.8. The van der Waals surface area contributed by atoms with Gasteiger partial charge in [0.2, 0.25) is 5.91 Å². The van der Waals surface area contributed by atoms with Crippen molar-refractivity contribution in [1.82, 2.24) is 10.6 Å². The number of methoxy groups -OCH3 is 1. The Morgan fingerprint density at radius 1 is 1.41 bits per heavy atom. The molecule has 1 aromatic rings. The number of nitrogens with one attached hydrogen (secondary N) is 2. The van der Waals surface area contributed by atoms with Crippen molar-refractivity contribution in [3.05, 3.63) is 35.9 Å². The quantitative estimate of drug-likeness (QED) is 0.599. The third-order valence-electron chi connectivity index (χ3n) is 3.49. The first-order valence-electron chi connectivity index (χ1n) is 6.59. The third-order valence-corrected chi connectivity index (χ3v) is 3.49. The summed E-state index contributed by atoms with van der Waals surface area (Å²) in [6, 6.07) is 7.71. The van der Waals surface area contributed by atoms with Crippen LogP contribution in [0.3, 0.4) is 0 Å². The van der Waals surface area contributed by atoms with Gasteiger partial charge in [0.25, 0.3) is 5.91 Å². The van der Waals surface area contributed by atoms with Crippen LogP contribution in [0.4, 0.5) is 4.79 Å². The fourth-order valence-electron chi connectivity index (χ4n) is 2.15. The molecule has 0 radical (unpaired) electrons. The van der Waals surface area contributed by atoms with Gasteiger partial charge in [0.1, 0.15) is 6.61 Å². The lowest BCUT2D eigenvalue weighted by atomic mass is 9.86. The molecule has 4 N–H and O–H groups in total. The largest absolute Gasteiger partial charge is 0.445 e. The highest BCUT2D eigenvalue weighted by Gasteiger charge is 2.56. The van der Waals surface area contributed by atoms with Crippen LogP contribution in [0.2, 0.25) is 0 Å². The van der Waals surface area contributed by atoms with Gasteiger partial charge >= 0.3 is 6.09 Å². The number of carbonyl (C=O) groups excluding carboxylic acids is 3. The van der Waals surface area contributed by atoms with Gasteiger partial charge in [0.15, 0.2) is 11.6 Å². The van der Waals surface area contributed by atoms with Crippen molar-refractivity contribution in [2.75, 3.05) is 13.7 Å². The molecule has 118 valence electrons. The van der Waals surface area contributed by atoms with Crippen LogP contribution < -0.4 is 16.4 Å². The molecule has 22 heavy (non-hydrogen) atoms. The SMILES string of the molecule is COC1(C(NC(=O)OCc2ccccc2)C(N)=O)CNC1=O. The molecule has 1 aliphatic rings. The van der Waals surface area contributed by atoms with E-state index < -0.39 is 29.6 Å². The molecular weight excluding hydrogens is 290 g/mol. The van der Waals surface area contributed by atoms with Gasteiger partial charge in [-0.05, 0) is 5.56 Å². The van der Waals surface area contributed by atoms with Crippen molar-refractivity contribution in [3.8, 4) is 0 Å². The summed E-state index contributed by atoms with van der Waals surface area (Å²) in [5, 5.41) is 4.74. The lowest BCUT2D eigenvalue weighted by molar-refractivity contribution is -0.165. The molecule has 2 atom stereocenters. The number of β-lactam (4-membered cyclic amide) rings is 1. The Morgan fingerprint density at radius 2 is 2.09 bits per heavy atom. The minimum Gasteiger partial charge on any atom is -0.445 e. The average Bonchev–Trinajstić information content (AvgIpc) is 2.52. The summed E-state index contributed by atoms with van der Waals surface area (Å²) in [6.45, 7) is 0.110. The molecule has 0 spiro atoms. The van der Waals surface area contributed by atoms with Crippen LogP contribution in [0, 0.1) is 0 Å². The van der Waals surface area contributed by atoms with E-state index in [1.165, 1.54) is 7.11 Å². The minimum atomic E-state index is -1.49. The van der Waals surface area contributed by atoms with Gasteiger partial charge in [0.05, 0.1) is 6.54 Å². The Balaban J connectivity index is 1.98. The summed E-state index contributed by atoms with van der Waals surface area (Å²) in [7, 11) is 1.27. The van der Waals surface area contributed by atoms with Crippen LogP contribution >= 0.6 is 0 Å². The fraction of sp³-hybridized carbons (Fsp3) is 0.357. The van der Waals surface area contributed by atoms with Crippen molar-refractivity contribution in [1.29, 1.82) is 0 Å². The summed E-state index contributed by atoms with van der Waals surface area (Å²) >= 11 is 0. The highest BCUT2D eigenvalue weighted by molar-refractivity contribution is 6.00. The number of primary amides is 1. The molecule has 8 heteroatoms. The monoisotopic (exact) mass is 307 g/mol. The van der Waals surface area contributed by atoms with Crippen molar-refractivity contribution < 1.29 is 23.9 Å². The maximum atomic E-state index is 11.8. The molecule has 2 unspecified atom stereocenters. The van der Waals surface area contributed by atoms with E-state index in [1.54, 1.807) is 24.3 Å².